The first-order valence-electron chi connectivity index (χ1n) is 6.82. The lowest BCUT2D eigenvalue weighted by atomic mass is 10.3. The van der Waals surface area contributed by atoms with Crippen LogP contribution in [0.1, 0.15) is 25.1 Å². The van der Waals surface area contributed by atoms with Crippen LogP contribution in [-0.2, 0) is 18.9 Å². The molecule has 116 valence electrons. The molecular weight excluding hydrogens is 322 g/mol. The molecule has 0 aliphatic rings. The van der Waals surface area contributed by atoms with Crippen molar-refractivity contribution in [2.24, 2.45) is 0 Å². The maximum absolute atomic E-state index is 9.28. The summed E-state index contributed by atoms with van der Waals surface area (Å²) >= 11 is 3.07. The molecule has 0 fully saturated rings. The SMILES string of the molecule is CCCn1c(CO)nnc1SCc1nc(-c2ccsc2)no1. The topological polar surface area (TPSA) is 89.9 Å². The highest BCUT2D eigenvalue weighted by atomic mass is 32.2. The monoisotopic (exact) mass is 337 g/mol. The second kappa shape index (κ2) is 7.03. The number of aliphatic hydroxyl groups is 1. The van der Waals surface area contributed by atoms with Gasteiger partial charge >= 0.3 is 0 Å². The second-order valence-electron chi connectivity index (χ2n) is 4.52. The molecule has 1 N–H and O–H groups in total. The Kier molecular flexibility index (Phi) is 4.86. The summed E-state index contributed by atoms with van der Waals surface area (Å²) in [4.78, 5) is 4.37. The van der Waals surface area contributed by atoms with E-state index in [9.17, 15) is 5.11 Å². The summed E-state index contributed by atoms with van der Waals surface area (Å²) in [5.41, 5.74) is 0.960. The zero-order valence-corrected chi connectivity index (χ0v) is 13.6. The lowest BCUT2D eigenvalue weighted by Crippen LogP contribution is -2.04. The molecule has 0 radical (unpaired) electrons. The van der Waals surface area contributed by atoms with Crippen LogP contribution >= 0.6 is 23.1 Å². The maximum atomic E-state index is 9.28. The number of hydrogen-bond acceptors (Lipinski definition) is 8. The first kappa shape index (κ1) is 15.2. The van der Waals surface area contributed by atoms with E-state index >= 15 is 0 Å². The molecule has 9 heteroatoms. The molecule has 0 spiro atoms. The Labute approximate surface area is 135 Å². The molecular formula is C13H15N5O2S2. The Morgan fingerprint density at radius 2 is 2.32 bits per heavy atom. The molecule has 0 amide bonds. The van der Waals surface area contributed by atoms with Crippen LogP contribution in [0, 0.1) is 0 Å². The minimum atomic E-state index is -0.115. The van der Waals surface area contributed by atoms with Gasteiger partial charge in [-0.05, 0) is 17.9 Å². The normalized spacial score (nSPS) is 11.2. The molecule has 0 saturated heterocycles. The lowest BCUT2D eigenvalue weighted by Gasteiger charge is -2.05. The molecule has 0 aromatic carbocycles. The first-order chi connectivity index (χ1) is 10.8. The fourth-order valence-corrected chi connectivity index (χ4v) is 3.39. The van der Waals surface area contributed by atoms with Crippen LogP contribution < -0.4 is 0 Å². The van der Waals surface area contributed by atoms with Crippen molar-refractivity contribution < 1.29 is 9.63 Å². The van der Waals surface area contributed by atoms with Gasteiger partial charge in [-0.25, -0.2) is 0 Å². The highest BCUT2D eigenvalue weighted by Gasteiger charge is 2.14. The van der Waals surface area contributed by atoms with Crippen LogP contribution in [0.25, 0.3) is 11.4 Å². The zero-order chi connectivity index (χ0) is 15.4. The van der Waals surface area contributed by atoms with Gasteiger partial charge in [-0.15, -0.1) is 10.2 Å². The van der Waals surface area contributed by atoms with Crippen molar-refractivity contribution in [3.8, 4) is 11.4 Å². The molecule has 0 atom stereocenters. The first-order valence-corrected chi connectivity index (χ1v) is 8.75. The molecule has 0 bridgehead atoms. The van der Waals surface area contributed by atoms with Gasteiger partial charge in [0.1, 0.15) is 6.61 Å². The molecule has 0 aliphatic heterocycles. The fraction of sp³-hybridized carbons (Fsp3) is 0.385. The lowest BCUT2D eigenvalue weighted by molar-refractivity contribution is 0.263. The van der Waals surface area contributed by atoms with E-state index < -0.39 is 0 Å². The van der Waals surface area contributed by atoms with E-state index in [1.54, 1.807) is 11.3 Å². The van der Waals surface area contributed by atoms with Gasteiger partial charge in [0.15, 0.2) is 11.0 Å². The standard InChI is InChI=1S/C13H15N5O2S2/c1-2-4-18-10(6-19)15-16-13(18)22-8-11-14-12(17-20-11)9-3-5-21-7-9/h3,5,7,19H,2,4,6,8H2,1H3. The molecule has 3 aromatic heterocycles. The predicted octanol–water partition coefficient (Wildman–Crippen LogP) is 2.58. The van der Waals surface area contributed by atoms with Crippen LogP contribution in [-0.4, -0.2) is 30.0 Å². The highest BCUT2D eigenvalue weighted by Crippen LogP contribution is 2.24. The van der Waals surface area contributed by atoms with E-state index in [4.69, 9.17) is 4.52 Å². The van der Waals surface area contributed by atoms with Crippen LogP contribution in [0.3, 0.4) is 0 Å². The van der Waals surface area contributed by atoms with E-state index in [0.717, 1.165) is 23.7 Å². The van der Waals surface area contributed by atoms with E-state index in [2.05, 4.69) is 27.3 Å². The minimum absolute atomic E-state index is 0.115. The van der Waals surface area contributed by atoms with Crippen molar-refractivity contribution >= 4 is 23.1 Å². The number of hydrogen-bond donors (Lipinski definition) is 1. The third kappa shape index (κ3) is 3.21. The summed E-state index contributed by atoms with van der Waals surface area (Å²) in [6.07, 6.45) is 0.946. The van der Waals surface area contributed by atoms with Crippen molar-refractivity contribution in [1.29, 1.82) is 0 Å². The largest absolute Gasteiger partial charge is 0.388 e. The Hall–Kier alpha value is -1.71. The molecule has 7 nitrogen and oxygen atoms in total. The fourth-order valence-electron chi connectivity index (χ4n) is 1.94. The summed E-state index contributed by atoms with van der Waals surface area (Å²) in [7, 11) is 0. The van der Waals surface area contributed by atoms with Crippen molar-refractivity contribution in [2.45, 2.75) is 37.4 Å². The Morgan fingerprint density at radius 3 is 3.05 bits per heavy atom. The van der Waals surface area contributed by atoms with E-state index in [0.29, 0.717) is 23.3 Å². The number of rotatable bonds is 7. The number of aliphatic hydroxyl groups excluding tert-OH is 1. The molecule has 0 aliphatic carbocycles. The number of thioether (sulfide) groups is 1. The van der Waals surface area contributed by atoms with E-state index in [-0.39, 0.29) is 6.61 Å². The van der Waals surface area contributed by atoms with Gasteiger partial charge in [-0.2, -0.15) is 16.3 Å². The quantitative estimate of drug-likeness (QED) is 0.663. The minimum Gasteiger partial charge on any atom is -0.388 e. The Bertz CT molecular complexity index is 723. The van der Waals surface area contributed by atoms with Crippen molar-refractivity contribution in [1.82, 2.24) is 24.9 Å². The summed E-state index contributed by atoms with van der Waals surface area (Å²) in [5, 5.41) is 26.1. The van der Waals surface area contributed by atoms with Crippen LogP contribution in [0.15, 0.2) is 26.5 Å². The van der Waals surface area contributed by atoms with Crippen LogP contribution in [0.4, 0.5) is 0 Å². The molecule has 3 rings (SSSR count). The third-order valence-electron chi connectivity index (χ3n) is 2.95. The second-order valence-corrected chi connectivity index (χ2v) is 6.24. The molecule has 3 aromatic rings. The van der Waals surface area contributed by atoms with Crippen LogP contribution in [0.2, 0.25) is 0 Å². The van der Waals surface area contributed by atoms with Gasteiger partial charge in [-0.1, -0.05) is 23.8 Å². The summed E-state index contributed by atoms with van der Waals surface area (Å²) in [6, 6.07) is 1.96. The van der Waals surface area contributed by atoms with Crippen molar-refractivity contribution in [3.63, 3.8) is 0 Å². The number of nitrogens with zero attached hydrogens (tertiary/aromatic N) is 5. The number of thiophene rings is 1. The average molecular weight is 337 g/mol. The van der Waals surface area contributed by atoms with Gasteiger partial charge < -0.3 is 14.2 Å². The highest BCUT2D eigenvalue weighted by molar-refractivity contribution is 7.98. The number of aromatic nitrogens is 5. The summed E-state index contributed by atoms with van der Waals surface area (Å²) < 4.78 is 7.18. The van der Waals surface area contributed by atoms with E-state index in [1.807, 2.05) is 21.4 Å². The van der Waals surface area contributed by atoms with Gasteiger partial charge in [0.2, 0.25) is 11.7 Å². The zero-order valence-electron chi connectivity index (χ0n) is 12.0. The Morgan fingerprint density at radius 1 is 1.41 bits per heavy atom. The summed E-state index contributed by atoms with van der Waals surface area (Å²) in [5.74, 6) is 2.24. The van der Waals surface area contributed by atoms with Gasteiger partial charge in [0.05, 0.1) is 5.75 Å². The molecule has 0 unspecified atom stereocenters. The third-order valence-corrected chi connectivity index (χ3v) is 4.59. The van der Waals surface area contributed by atoms with Crippen molar-refractivity contribution in [3.05, 3.63) is 28.5 Å². The predicted molar refractivity (Wildman–Crippen MR) is 83.4 cm³/mol. The average Bonchev–Trinajstić information content (AvgIpc) is 3.26. The smallest absolute Gasteiger partial charge is 0.237 e. The van der Waals surface area contributed by atoms with Gasteiger partial charge in [0.25, 0.3) is 0 Å². The van der Waals surface area contributed by atoms with Crippen LogP contribution in [0.5, 0.6) is 0 Å². The molecule has 0 saturated carbocycles. The summed E-state index contributed by atoms with van der Waals surface area (Å²) in [6.45, 7) is 2.73. The van der Waals surface area contributed by atoms with E-state index in [1.165, 1.54) is 11.8 Å². The Balaban J connectivity index is 1.69. The molecule has 3 heterocycles. The van der Waals surface area contributed by atoms with Crippen molar-refractivity contribution in [2.75, 3.05) is 0 Å². The van der Waals surface area contributed by atoms with Gasteiger partial charge in [0, 0.05) is 17.5 Å². The molecule has 22 heavy (non-hydrogen) atoms. The van der Waals surface area contributed by atoms with Gasteiger partial charge in [-0.3, -0.25) is 0 Å². The maximum Gasteiger partial charge on any atom is 0.237 e.